The van der Waals surface area contributed by atoms with Crippen LogP contribution >= 0.6 is 0 Å². The largest absolute Gasteiger partial charge is 0.490 e. The van der Waals surface area contributed by atoms with Gasteiger partial charge in [-0.3, -0.25) is 24.8 Å². The standard InChI is InChI=1S/C33H46N8O5.C2HF3O2/c34-28(35)24-15-13-22(14-16-24)18-25(29(42)39-20-23-10-5-2-6-11-23)30(43)41-27(19-21-8-3-1-4-9-21)31(44)40-26(32(45)46)12-7-17-38-33(36)37;3-2(4,5)1(6)7/h2,5-6,10-11,13-16,21,25-27H,1,3-4,7-9,12,17-20H2,(H3,34,35)(H,39,42)(H,40,44)(H,41,43)(H,45,46)(H4,36,37,38);(H,6,7)/t25-,26?,27-;/m0./s1. The Bertz CT molecular complexity index is 1560. The smallest absolute Gasteiger partial charge is 0.480 e. The lowest BCUT2D eigenvalue weighted by Crippen LogP contribution is -2.54. The van der Waals surface area contributed by atoms with Crippen molar-refractivity contribution in [1.82, 2.24) is 16.0 Å². The molecular formula is C35H47F3N8O7. The van der Waals surface area contributed by atoms with E-state index >= 15 is 0 Å². The molecule has 2 aromatic carbocycles. The number of aliphatic carboxylic acids is 2. The first kappa shape index (κ1) is 43.5. The van der Waals surface area contributed by atoms with E-state index in [-0.39, 0.29) is 43.6 Å². The summed E-state index contributed by atoms with van der Waals surface area (Å²) in [7, 11) is 0. The molecule has 53 heavy (non-hydrogen) atoms. The molecule has 1 unspecified atom stereocenters. The van der Waals surface area contributed by atoms with E-state index in [4.69, 9.17) is 32.5 Å². The third-order valence-corrected chi connectivity index (χ3v) is 8.38. The summed E-state index contributed by atoms with van der Waals surface area (Å²) in [5.74, 6) is -6.99. The van der Waals surface area contributed by atoms with Crippen molar-refractivity contribution >= 4 is 41.5 Å². The van der Waals surface area contributed by atoms with Crippen LogP contribution in [0.1, 0.15) is 68.1 Å². The highest BCUT2D eigenvalue weighted by molar-refractivity contribution is 6.02. The Morgan fingerprint density at radius 3 is 1.94 bits per heavy atom. The van der Waals surface area contributed by atoms with Crippen molar-refractivity contribution in [3.05, 3.63) is 71.3 Å². The number of nitrogens with one attached hydrogen (secondary N) is 4. The molecule has 0 aliphatic heterocycles. The number of hydrogen-bond acceptors (Lipinski definition) is 7. The first-order chi connectivity index (χ1) is 25.0. The summed E-state index contributed by atoms with van der Waals surface area (Å²) in [5.41, 5.74) is 18.3. The number of carbonyl (C=O) groups excluding carboxylic acids is 3. The number of carboxylic acid groups (broad SMARTS) is 2. The van der Waals surface area contributed by atoms with Crippen LogP contribution in [-0.2, 0) is 36.9 Å². The molecule has 2 aromatic rings. The number of halogens is 3. The van der Waals surface area contributed by atoms with E-state index in [2.05, 4.69) is 20.9 Å². The second kappa shape index (κ2) is 21.6. The summed E-state index contributed by atoms with van der Waals surface area (Å²) < 4.78 is 31.7. The van der Waals surface area contributed by atoms with Gasteiger partial charge in [-0.15, -0.1) is 0 Å². The fourth-order valence-electron chi connectivity index (χ4n) is 5.56. The fourth-order valence-corrected chi connectivity index (χ4v) is 5.56. The molecule has 0 bridgehead atoms. The van der Waals surface area contributed by atoms with Crippen molar-refractivity contribution in [3.8, 4) is 0 Å². The Labute approximate surface area is 304 Å². The molecule has 12 N–H and O–H groups in total. The molecule has 0 radical (unpaired) electrons. The van der Waals surface area contributed by atoms with Gasteiger partial charge in [0.2, 0.25) is 17.7 Å². The maximum Gasteiger partial charge on any atom is 0.490 e. The van der Waals surface area contributed by atoms with Crippen LogP contribution in [0.15, 0.2) is 59.6 Å². The van der Waals surface area contributed by atoms with Gasteiger partial charge in [0.15, 0.2) is 5.96 Å². The topological polar surface area (TPSA) is 276 Å². The van der Waals surface area contributed by atoms with Crippen molar-refractivity contribution in [2.45, 2.75) is 82.6 Å². The molecule has 1 aliphatic carbocycles. The second-order valence-corrected chi connectivity index (χ2v) is 12.5. The molecule has 3 rings (SSSR count). The van der Waals surface area contributed by atoms with E-state index in [9.17, 15) is 37.5 Å². The van der Waals surface area contributed by atoms with Gasteiger partial charge in [-0.2, -0.15) is 13.2 Å². The van der Waals surface area contributed by atoms with Gasteiger partial charge in [-0.05, 0) is 42.7 Å². The van der Waals surface area contributed by atoms with E-state index < -0.39 is 53.8 Å². The van der Waals surface area contributed by atoms with E-state index in [1.165, 1.54) is 0 Å². The lowest BCUT2D eigenvalue weighted by molar-refractivity contribution is -0.192. The van der Waals surface area contributed by atoms with Gasteiger partial charge < -0.3 is 43.4 Å². The molecule has 290 valence electrons. The van der Waals surface area contributed by atoms with Crippen molar-refractivity contribution in [3.63, 3.8) is 0 Å². The van der Waals surface area contributed by atoms with Crippen molar-refractivity contribution < 1.29 is 47.4 Å². The number of benzene rings is 2. The number of guanidine groups is 1. The summed E-state index contributed by atoms with van der Waals surface area (Å²) in [6, 6.07) is 13.7. The molecule has 15 nitrogen and oxygen atoms in total. The molecule has 18 heteroatoms. The van der Waals surface area contributed by atoms with Crippen LogP contribution in [0.4, 0.5) is 13.2 Å². The van der Waals surface area contributed by atoms with Gasteiger partial charge in [-0.25, -0.2) is 9.59 Å². The minimum atomic E-state index is -5.08. The first-order valence-electron chi connectivity index (χ1n) is 16.9. The Balaban J connectivity index is 0.00000126. The number of hydrogen-bond donors (Lipinski definition) is 9. The average Bonchev–Trinajstić information content (AvgIpc) is 3.11. The molecule has 3 atom stereocenters. The fraction of sp³-hybridized carbons (Fsp3) is 0.457. The van der Waals surface area contributed by atoms with Gasteiger partial charge >= 0.3 is 18.1 Å². The van der Waals surface area contributed by atoms with Crippen LogP contribution < -0.4 is 33.2 Å². The molecule has 0 aromatic heterocycles. The molecule has 0 heterocycles. The third kappa shape index (κ3) is 16.5. The second-order valence-electron chi connectivity index (χ2n) is 12.5. The molecule has 3 amide bonds. The highest BCUT2D eigenvalue weighted by Crippen LogP contribution is 2.28. The van der Waals surface area contributed by atoms with Crippen LogP contribution in [-0.4, -0.2) is 76.5 Å². The number of rotatable bonds is 17. The Morgan fingerprint density at radius 1 is 0.830 bits per heavy atom. The minimum absolute atomic E-state index is 0.0327. The van der Waals surface area contributed by atoms with E-state index in [1.54, 1.807) is 24.3 Å². The highest BCUT2D eigenvalue weighted by Gasteiger charge is 2.38. The SMILES string of the molecule is N=C(N)c1ccc(C[C@@H](C(=O)NCc2ccccc2)C(=O)N[C@@H](CC2CCCCC2)C(=O)NC(CCCN=C(N)N)C(=O)O)cc1.O=C(O)C(F)(F)F. The minimum Gasteiger partial charge on any atom is -0.480 e. The molecule has 1 fully saturated rings. The maximum atomic E-state index is 13.9. The molecule has 0 spiro atoms. The zero-order chi connectivity index (χ0) is 39.6. The average molecular weight is 749 g/mol. The number of carboxylic acids is 2. The Kier molecular flexibility index (Phi) is 17.7. The van der Waals surface area contributed by atoms with Crippen molar-refractivity contribution in [2.24, 2.45) is 34.0 Å². The normalized spacial score (nSPS) is 14.5. The van der Waals surface area contributed by atoms with Gasteiger partial charge in [0.05, 0.1) is 0 Å². The van der Waals surface area contributed by atoms with Crippen LogP contribution in [0.3, 0.4) is 0 Å². The number of aliphatic imine (C=N–C) groups is 1. The van der Waals surface area contributed by atoms with Crippen LogP contribution in [0, 0.1) is 17.2 Å². The number of amidine groups is 1. The number of nitrogen functional groups attached to an aromatic ring is 1. The van der Waals surface area contributed by atoms with Gasteiger partial charge in [0.25, 0.3) is 0 Å². The number of carbonyl (C=O) groups is 5. The predicted molar refractivity (Wildman–Crippen MR) is 189 cm³/mol. The monoisotopic (exact) mass is 748 g/mol. The Hall–Kier alpha value is -5.68. The number of nitrogens with two attached hydrogens (primary N) is 3. The molecule has 0 saturated heterocycles. The van der Waals surface area contributed by atoms with Gasteiger partial charge in [0, 0.05) is 18.7 Å². The highest BCUT2D eigenvalue weighted by atomic mass is 19.4. The van der Waals surface area contributed by atoms with E-state index in [0.717, 1.165) is 37.7 Å². The zero-order valence-electron chi connectivity index (χ0n) is 29.0. The van der Waals surface area contributed by atoms with Crippen molar-refractivity contribution in [1.29, 1.82) is 5.41 Å². The van der Waals surface area contributed by atoms with Crippen LogP contribution in [0.25, 0.3) is 0 Å². The van der Waals surface area contributed by atoms with E-state index in [1.807, 2.05) is 30.3 Å². The maximum absolute atomic E-state index is 13.9. The lowest BCUT2D eigenvalue weighted by Gasteiger charge is -2.28. The predicted octanol–water partition coefficient (Wildman–Crippen LogP) is 2.16. The first-order valence-corrected chi connectivity index (χ1v) is 16.9. The number of alkyl halides is 3. The lowest BCUT2D eigenvalue weighted by atomic mass is 9.84. The van der Waals surface area contributed by atoms with E-state index in [0.29, 0.717) is 24.0 Å². The quantitative estimate of drug-likeness (QED) is 0.0492. The summed E-state index contributed by atoms with van der Waals surface area (Å²) in [6.45, 7) is 0.413. The Morgan fingerprint density at radius 2 is 1.42 bits per heavy atom. The van der Waals surface area contributed by atoms with Crippen molar-refractivity contribution in [2.75, 3.05) is 6.54 Å². The zero-order valence-corrected chi connectivity index (χ0v) is 29.0. The van der Waals surface area contributed by atoms with Crippen LogP contribution in [0.2, 0.25) is 0 Å². The number of amides is 3. The summed E-state index contributed by atoms with van der Waals surface area (Å²) >= 11 is 0. The molecular weight excluding hydrogens is 701 g/mol. The van der Waals surface area contributed by atoms with Gasteiger partial charge in [0.1, 0.15) is 23.8 Å². The molecule has 1 saturated carbocycles. The van der Waals surface area contributed by atoms with Crippen LogP contribution in [0.5, 0.6) is 0 Å². The number of nitrogens with zero attached hydrogens (tertiary/aromatic N) is 1. The summed E-state index contributed by atoms with van der Waals surface area (Å²) in [5, 5.41) is 32.8. The summed E-state index contributed by atoms with van der Waals surface area (Å²) in [4.78, 5) is 65.7. The molecule has 1 aliphatic rings. The van der Waals surface area contributed by atoms with Gasteiger partial charge in [-0.1, -0.05) is 86.7 Å². The summed E-state index contributed by atoms with van der Waals surface area (Å²) in [6.07, 6.45) is 0.585. The third-order valence-electron chi connectivity index (χ3n) is 8.38.